The predicted molar refractivity (Wildman–Crippen MR) is 225 cm³/mol. The number of ketones is 1. The summed E-state index contributed by atoms with van der Waals surface area (Å²) in [6.07, 6.45) is 0.899. The molecule has 4 N–H and O–H groups in total. The molecule has 14 heteroatoms. The Hall–Kier alpha value is -3.43. The van der Waals surface area contributed by atoms with E-state index in [2.05, 4.69) is 5.32 Å². The van der Waals surface area contributed by atoms with E-state index in [1.54, 1.807) is 30.9 Å². The normalized spacial score (nSPS) is 18.7. The SMILES string of the molecule is CC[C@H](C)[C@@H]([C@@H](CC(=O)N1CCC[C@H]1[C@H](OC)[C@@H](C)C(=O)N[C@@H](Cc1ccccc1)C(=O)O)OC)N(C)C(=O)[C@@H](CC(=O)[C@H](C(C)C)N(C)CCOCCN)C(C)C. The molecule has 330 valence electrons. The number of carboxylic acids is 1. The van der Waals surface area contributed by atoms with E-state index in [1.807, 2.05) is 83.8 Å². The number of nitrogens with two attached hydrogens (primary N) is 1. The lowest BCUT2D eigenvalue weighted by atomic mass is 9.83. The lowest BCUT2D eigenvalue weighted by Gasteiger charge is -2.41. The minimum Gasteiger partial charge on any atom is -0.480 e. The Morgan fingerprint density at radius 1 is 0.948 bits per heavy atom. The summed E-state index contributed by atoms with van der Waals surface area (Å²) >= 11 is 0. The lowest BCUT2D eigenvalue weighted by Crippen LogP contribution is -2.55. The number of carboxylic acid groups (broad SMARTS) is 1. The number of aliphatic carboxylic acids is 1. The van der Waals surface area contributed by atoms with Crippen molar-refractivity contribution in [1.29, 1.82) is 0 Å². The third kappa shape index (κ3) is 14.4. The maximum absolute atomic E-state index is 14.5. The van der Waals surface area contributed by atoms with Gasteiger partial charge in [0.1, 0.15) is 6.04 Å². The Morgan fingerprint density at radius 3 is 2.14 bits per heavy atom. The third-order valence-electron chi connectivity index (χ3n) is 12.0. The quantitative estimate of drug-likeness (QED) is 0.110. The molecule has 1 aromatic carbocycles. The Kier molecular flexibility index (Phi) is 22.1. The Bertz CT molecular complexity index is 1430. The largest absolute Gasteiger partial charge is 0.480 e. The van der Waals surface area contributed by atoms with Gasteiger partial charge in [-0.05, 0) is 43.2 Å². The second kappa shape index (κ2) is 25.3. The van der Waals surface area contributed by atoms with Gasteiger partial charge in [-0.2, -0.15) is 0 Å². The van der Waals surface area contributed by atoms with E-state index in [-0.39, 0.29) is 60.7 Å². The highest BCUT2D eigenvalue weighted by molar-refractivity contribution is 5.90. The van der Waals surface area contributed by atoms with Crippen LogP contribution in [0.2, 0.25) is 0 Å². The number of likely N-dealkylation sites (tertiary alicyclic amines) is 1. The number of Topliss-reactive ketones (excluding diaryl/α,β-unsaturated/α-hetero) is 1. The zero-order valence-corrected chi connectivity index (χ0v) is 37.1. The van der Waals surface area contributed by atoms with Crippen LogP contribution < -0.4 is 11.1 Å². The van der Waals surface area contributed by atoms with Crippen LogP contribution in [0.15, 0.2) is 30.3 Å². The molecule has 1 aliphatic rings. The first kappa shape index (κ1) is 50.7. The van der Waals surface area contributed by atoms with E-state index in [1.165, 1.54) is 7.11 Å². The van der Waals surface area contributed by atoms with Crippen molar-refractivity contribution in [3.8, 4) is 0 Å². The van der Waals surface area contributed by atoms with Crippen LogP contribution in [0.4, 0.5) is 0 Å². The zero-order valence-electron chi connectivity index (χ0n) is 37.1. The van der Waals surface area contributed by atoms with Crippen molar-refractivity contribution in [3.05, 3.63) is 35.9 Å². The summed E-state index contributed by atoms with van der Waals surface area (Å²) in [7, 11) is 6.71. The molecule has 0 bridgehead atoms. The topological polar surface area (TPSA) is 181 Å². The van der Waals surface area contributed by atoms with Crippen LogP contribution in [0.1, 0.15) is 86.1 Å². The number of likely N-dealkylation sites (N-methyl/N-ethyl adjacent to an activating group) is 2. The molecule has 9 atom stereocenters. The second-order valence-corrected chi connectivity index (χ2v) is 16.8. The summed E-state index contributed by atoms with van der Waals surface area (Å²) in [5, 5.41) is 12.6. The summed E-state index contributed by atoms with van der Waals surface area (Å²) < 4.78 is 17.5. The average Bonchev–Trinajstić information content (AvgIpc) is 3.67. The van der Waals surface area contributed by atoms with Gasteiger partial charge in [-0.25, -0.2) is 4.79 Å². The molecule has 0 aromatic heterocycles. The van der Waals surface area contributed by atoms with Crippen molar-refractivity contribution >= 4 is 29.5 Å². The van der Waals surface area contributed by atoms with Gasteiger partial charge in [0, 0.05) is 59.7 Å². The first-order valence-corrected chi connectivity index (χ1v) is 21.1. The molecule has 0 aliphatic carbocycles. The summed E-state index contributed by atoms with van der Waals surface area (Å²) in [5.74, 6) is -3.42. The number of nitrogens with one attached hydrogen (secondary N) is 1. The van der Waals surface area contributed by atoms with Gasteiger partial charge in [0.25, 0.3) is 0 Å². The molecule has 1 heterocycles. The van der Waals surface area contributed by atoms with Crippen molar-refractivity contribution in [3.63, 3.8) is 0 Å². The summed E-state index contributed by atoms with van der Waals surface area (Å²) in [6, 6.07) is 6.70. The number of ether oxygens (including phenoxy) is 3. The van der Waals surface area contributed by atoms with E-state index in [9.17, 15) is 29.1 Å². The predicted octanol–water partition coefficient (Wildman–Crippen LogP) is 3.88. The van der Waals surface area contributed by atoms with Gasteiger partial charge in [-0.15, -0.1) is 0 Å². The number of rotatable bonds is 27. The van der Waals surface area contributed by atoms with Crippen molar-refractivity contribution in [2.45, 2.75) is 123 Å². The van der Waals surface area contributed by atoms with Crippen molar-refractivity contribution < 1.29 is 43.3 Å². The molecule has 2 rings (SSSR count). The van der Waals surface area contributed by atoms with Gasteiger partial charge in [0.2, 0.25) is 17.7 Å². The standard InChI is InChI=1S/C44H75N5O9/c1-12-30(6)40(48(9)43(53)33(28(2)3)26-36(50)39(29(4)5)47(8)22-24-58-23-20-45)37(56-10)27-38(51)49-21-16-19-35(49)41(57-11)31(7)42(52)46-34(44(54)55)25-32-17-14-13-15-18-32/h13-15,17-18,28-31,33-35,37,39-41H,12,16,19-27,45H2,1-11H3,(H,46,52)(H,54,55)/t30-,31+,33-,34-,35-,37+,39-,40-,41+/m0/s1. The molecular formula is C44H75N5O9. The highest BCUT2D eigenvalue weighted by atomic mass is 16.5. The summed E-state index contributed by atoms with van der Waals surface area (Å²) in [6.45, 7) is 16.1. The average molecular weight is 818 g/mol. The lowest BCUT2D eigenvalue weighted by molar-refractivity contribution is -0.149. The van der Waals surface area contributed by atoms with E-state index in [0.717, 1.165) is 12.0 Å². The molecule has 1 aliphatic heterocycles. The number of benzene rings is 1. The fraction of sp³-hybridized carbons (Fsp3) is 0.750. The minimum atomic E-state index is -1.14. The number of amides is 3. The molecule has 1 fully saturated rings. The number of hydrogen-bond acceptors (Lipinski definition) is 10. The van der Waals surface area contributed by atoms with Crippen molar-refractivity contribution in [2.75, 3.05) is 61.2 Å². The highest BCUT2D eigenvalue weighted by Gasteiger charge is 2.43. The van der Waals surface area contributed by atoms with Crippen LogP contribution in [0.5, 0.6) is 0 Å². The van der Waals surface area contributed by atoms with Crippen LogP contribution in [0, 0.1) is 29.6 Å². The number of carbonyl (C=O) groups excluding carboxylic acids is 4. The monoisotopic (exact) mass is 818 g/mol. The van der Waals surface area contributed by atoms with Gasteiger partial charge < -0.3 is 40.2 Å². The van der Waals surface area contributed by atoms with Gasteiger partial charge >= 0.3 is 5.97 Å². The van der Waals surface area contributed by atoms with Gasteiger partial charge in [0.15, 0.2) is 5.78 Å². The fourth-order valence-corrected chi connectivity index (χ4v) is 8.53. The molecule has 0 spiro atoms. The summed E-state index contributed by atoms with van der Waals surface area (Å²) in [5.41, 5.74) is 6.34. The Balaban J connectivity index is 2.26. The first-order valence-electron chi connectivity index (χ1n) is 21.1. The molecule has 3 amide bonds. The van der Waals surface area contributed by atoms with Crippen molar-refractivity contribution in [1.82, 2.24) is 20.0 Å². The molecule has 0 radical (unpaired) electrons. The molecule has 58 heavy (non-hydrogen) atoms. The maximum Gasteiger partial charge on any atom is 0.326 e. The number of methoxy groups -OCH3 is 2. The number of hydrogen-bond donors (Lipinski definition) is 3. The van der Waals surface area contributed by atoms with E-state index < -0.39 is 54.0 Å². The van der Waals surface area contributed by atoms with E-state index in [4.69, 9.17) is 19.9 Å². The first-order chi connectivity index (χ1) is 27.4. The van der Waals surface area contributed by atoms with Crippen molar-refractivity contribution in [2.24, 2.45) is 35.3 Å². The number of nitrogens with zero attached hydrogens (tertiary/aromatic N) is 3. The van der Waals surface area contributed by atoms with Gasteiger partial charge in [-0.1, -0.05) is 85.2 Å². The molecule has 14 nitrogen and oxygen atoms in total. The Morgan fingerprint density at radius 2 is 1.60 bits per heavy atom. The second-order valence-electron chi connectivity index (χ2n) is 16.8. The van der Waals surface area contributed by atoms with Gasteiger partial charge in [0.05, 0.1) is 55.9 Å². The van der Waals surface area contributed by atoms with Crippen LogP contribution >= 0.6 is 0 Å². The van der Waals surface area contributed by atoms with Crippen LogP contribution in [0.25, 0.3) is 0 Å². The minimum absolute atomic E-state index is 0.000641. The summed E-state index contributed by atoms with van der Waals surface area (Å²) in [4.78, 5) is 73.8. The number of carbonyl (C=O) groups is 5. The molecular weight excluding hydrogens is 743 g/mol. The molecule has 1 aromatic rings. The Labute approximate surface area is 347 Å². The van der Waals surface area contributed by atoms with Gasteiger partial charge in [-0.3, -0.25) is 24.1 Å². The smallest absolute Gasteiger partial charge is 0.326 e. The zero-order chi connectivity index (χ0) is 43.7. The van der Waals surface area contributed by atoms with E-state index in [0.29, 0.717) is 45.7 Å². The molecule has 1 saturated heterocycles. The maximum atomic E-state index is 14.5. The van der Waals surface area contributed by atoms with Crippen LogP contribution in [-0.2, 0) is 44.6 Å². The molecule has 0 unspecified atom stereocenters. The van der Waals surface area contributed by atoms with E-state index >= 15 is 0 Å². The highest BCUT2D eigenvalue weighted by Crippen LogP contribution is 2.31. The third-order valence-corrected chi connectivity index (χ3v) is 12.0. The van der Waals surface area contributed by atoms with Crippen LogP contribution in [0.3, 0.4) is 0 Å². The molecule has 0 saturated carbocycles. The van der Waals surface area contributed by atoms with Crippen LogP contribution in [-0.4, -0.2) is 147 Å². The fourth-order valence-electron chi connectivity index (χ4n) is 8.53.